The van der Waals surface area contributed by atoms with Crippen molar-refractivity contribution in [1.82, 2.24) is 0 Å². The Morgan fingerprint density at radius 3 is 2.65 bits per heavy atom. The van der Waals surface area contributed by atoms with E-state index in [4.69, 9.17) is 15.2 Å². The van der Waals surface area contributed by atoms with Gasteiger partial charge in [0.2, 0.25) is 0 Å². The number of methoxy groups -OCH3 is 1. The molecule has 0 amide bonds. The van der Waals surface area contributed by atoms with Gasteiger partial charge < -0.3 is 15.2 Å². The number of hydrogen-bond donors (Lipinski definition) is 1. The normalized spacial score (nSPS) is 11.9. The molecule has 2 aromatic carbocycles. The van der Waals surface area contributed by atoms with E-state index in [0.717, 1.165) is 29.0 Å². The van der Waals surface area contributed by atoms with Crippen molar-refractivity contribution in [2.45, 2.75) is 19.4 Å². The summed E-state index contributed by atoms with van der Waals surface area (Å²) in [4.78, 5) is 0. The van der Waals surface area contributed by atoms with E-state index in [2.05, 4.69) is 0 Å². The lowest BCUT2D eigenvalue weighted by Crippen LogP contribution is -2.14. The third-order valence-electron chi connectivity index (χ3n) is 3.23. The summed E-state index contributed by atoms with van der Waals surface area (Å²) in [7, 11) is 1.68. The average Bonchev–Trinajstić information content (AvgIpc) is 2.48. The van der Waals surface area contributed by atoms with Crippen molar-refractivity contribution >= 4 is 0 Å². The second-order valence-electron chi connectivity index (χ2n) is 4.63. The van der Waals surface area contributed by atoms with Crippen LogP contribution < -0.4 is 15.2 Å². The SMILES string of the molecule is CCOc1cccc(C(N)Cc2ccccc2OC)c1. The van der Waals surface area contributed by atoms with Crippen LogP contribution in [0.2, 0.25) is 0 Å². The van der Waals surface area contributed by atoms with Crippen LogP contribution in [0.4, 0.5) is 0 Å². The third kappa shape index (κ3) is 3.52. The number of hydrogen-bond acceptors (Lipinski definition) is 3. The molecule has 106 valence electrons. The van der Waals surface area contributed by atoms with Crippen LogP contribution in [0.3, 0.4) is 0 Å². The molecule has 0 aliphatic heterocycles. The molecular weight excluding hydrogens is 250 g/mol. The number of para-hydroxylation sites is 1. The molecule has 0 aliphatic rings. The summed E-state index contributed by atoms with van der Waals surface area (Å²) >= 11 is 0. The van der Waals surface area contributed by atoms with Crippen LogP contribution in [0.1, 0.15) is 24.1 Å². The van der Waals surface area contributed by atoms with Gasteiger partial charge in [-0.15, -0.1) is 0 Å². The summed E-state index contributed by atoms with van der Waals surface area (Å²) in [5, 5.41) is 0. The minimum absolute atomic E-state index is 0.0771. The Hall–Kier alpha value is -2.00. The highest BCUT2D eigenvalue weighted by Crippen LogP contribution is 2.25. The van der Waals surface area contributed by atoms with Gasteiger partial charge in [0, 0.05) is 6.04 Å². The molecule has 3 nitrogen and oxygen atoms in total. The average molecular weight is 271 g/mol. The minimum atomic E-state index is -0.0771. The first-order valence-electron chi connectivity index (χ1n) is 6.84. The Kier molecular flexibility index (Phi) is 5.02. The van der Waals surface area contributed by atoms with Crippen LogP contribution in [0.5, 0.6) is 11.5 Å². The van der Waals surface area contributed by atoms with Crippen LogP contribution in [0, 0.1) is 0 Å². The number of rotatable bonds is 6. The fourth-order valence-corrected chi connectivity index (χ4v) is 2.23. The summed E-state index contributed by atoms with van der Waals surface area (Å²) in [6, 6.07) is 15.8. The predicted molar refractivity (Wildman–Crippen MR) is 81.2 cm³/mol. The quantitative estimate of drug-likeness (QED) is 0.876. The molecule has 0 saturated carbocycles. The van der Waals surface area contributed by atoms with Crippen LogP contribution in [0.25, 0.3) is 0 Å². The Morgan fingerprint density at radius 2 is 1.90 bits per heavy atom. The van der Waals surface area contributed by atoms with Crippen molar-refractivity contribution in [3.8, 4) is 11.5 Å². The maximum atomic E-state index is 6.30. The first kappa shape index (κ1) is 14.4. The van der Waals surface area contributed by atoms with Gasteiger partial charge in [0.25, 0.3) is 0 Å². The van der Waals surface area contributed by atoms with E-state index in [9.17, 15) is 0 Å². The van der Waals surface area contributed by atoms with Crippen molar-refractivity contribution in [2.75, 3.05) is 13.7 Å². The molecule has 0 bridgehead atoms. The monoisotopic (exact) mass is 271 g/mol. The van der Waals surface area contributed by atoms with Gasteiger partial charge in [-0.2, -0.15) is 0 Å². The van der Waals surface area contributed by atoms with Crippen molar-refractivity contribution in [3.05, 3.63) is 59.7 Å². The van der Waals surface area contributed by atoms with E-state index in [0.29, 0.717) is 6.61 Å². The third-order valence-corrected chi connectivity index (χ3v) is 3.23. The largest absolute Gasteiger partial charge is 0.496 e. The van der Waals surface area contributed by atoms with E-state index in [1.807, 2.05) is 55.5 Å². The fraction of sp³-hybridized carbons (Fsp3) is 0.294. The van der Waals surface area contributed by atoms with E-state index in [1.54, 1.807) is 7.11 Å². The Bertz CT molecular complexity index is 554. The Labute approximate surface area is 120 Å². The smallest absolute Gasteiger partial charge is 0.122 e. The van der Waals surface area contributed by atoms with Gasteiger partial charge in [-0.25, -0.2) is 0 Å². The van der Waals surface area contributed by atoms with Crippen LogP contribution in [-0.4, -0.2) is 13.7 Å². The fourth-order valence-electron chi connectivity index (χ4n) is 2.23. The molecule has 0 saturated heterocycles. The molecule has 2 rings (SSSR count). The summed E-state index contributed by atoms with van der Waals surface area (Å²) < 4.78 is 10.9. The van der Waals surface area contributed by atoms with Gasteiger partial charge in [0.15, 0.2) is 0 Å². The highest BCUT2D eigenvalue weighted by molar-refractivity contribution is 5.36. The Morgan fingerprint density at radius 1 is 1.10 bits per heavy atom. The number of nitrogens with two attached hydrogens (primary N) is 1. The van der Waals surface area contributed by atoms with Gasteiger partial charge in [0.05, 0.1) is 13.7 Å². The highest BCUT2D eigenvalue weighted by atomic mass is 16.5. The van der Waals surface area contributed by atoms with Gasteiger partial charge in [-0.1, -0.05) is 30.3 Å². The van der Waals surface area contributed by atoms with Crippen molar-refractivity contribution < 1.29 is 9.47 Å². The zero-order chi connectivity index (χ0) is 14.4. The lowest BCUT2D eigenvalue weighted by molar-refractivity contribution is 0.339. The highest BCUT2D eigenvalue weighted by Gasteiger charge is 2.11. The first-order chi connectivity index (χ1) is 9.74. The second kappa shape index (κ2) is 6.96. The predicted octanol–water partition coefficient (Wildman–Crippen LogP) is 3.34. The summed E-state index contributed by atoms with van der Waals surface area (Å²) in [6.45, 7) is 2.63. The number of ether oxygens (including phenoxy) is 2. The molecule has 2 aromatic rings. The van der Waals surface area contributed by atoms with Crippen LogP contribution in [0.15, 0.2) is 48.5 Å². The van der Waals surface area contributed by atoms with E-state index >= 15 is 0 Å². The van der Waals surface area contributed by atoms with E-state index < -0.39 is 0 Å². The molecule has 1 atom stereocenters. The Balaban J connectivity index is 2.15. The maximum Gasteiger partial charge on any atom is 0.122 e. The lowest BCUT2D eigenvalue weighted by atomic mass is 9.99. The lowest BCUT2D eigenvalue weighted by Gasteiger charge is -2.15. The van der Waals surface area contributed by atoms with Crippen molar-refractivity contribution in [1.29, 1.82) is 0 Å². The molecule has 0 aliphatic carbocycles. The molecule has 0 heterocycles. The zero-order valence-corrected chi connectivity index (χ0v) is 12.0. The van der Waals surface area contributed by atoms with Gasteiger partial charge in [-0.05, 0) is 42.7 Å². The number of benzene rings is 2. The molecule has 3 heteroatoms. The molecule has 1 unspecified atom stereocenters. The van der Waals surface area contributed by atoms with E-state index in [-0.39, 0.29) is 6.04 Å². The molecular formula is C17H21NO2. The first-order valence-corrected chi connectivity index (χ1v) is 6.84. The zero-order valence-electron chi connectivity index (χ0n) is 12.0. The molecule has 0 spiro atoms. The molecule has 20 heavy (non-hydrogen) atoms. The second-order valence-corrected chi connectivity index (χ2v) is 4.63. The van der Waals surface area contributed by atoms with Gasteiger partial charge in [0.1, 0.15) is 11.5 Å². The van der Waals surface area contributed by atoms with Crippen molar-refractivity contribution in [2.24, 2.45) is 5.73 Å². The molecule has 2 N–H and O–H groups in total. The van der Waals surface area contributed by atoms with Gasteiger partial charge in [-0.3, -0.25) is 0 Å². The topological polar surface area (TPSA) is 44.5 Å². The molecule has 0 radical (unpaired) electrons. The standard InChI is InChI=1S/C17H21NO2/c1-3-20-15-9-6-8-13(11-15)16(18)12-14-7-4-5-10-17(14)19-2/h4-11,16H,3,12,18H2,1-2H3. The summed E-state index contributed by atoms with van der Waals surface area (Å²) in [6.07, 6.45) is 0.736. The minimum Gasteiger partial charge on any atom is -0.496 e. The summed E-state index contributed by atoms with van der Waals surface area (Å²) in [5.74, 6) is 1.74. The molecule has 0 aromatic heterocycles. The van der Waals surface area contributed by atoms with Crippen LogP contribution >= 0.6 is 0 Å². The van der Waals surface area contributed by atoms with Gasteiger partial charge >= 0.3 is 0 Å². The van der Waals surface area contributed by atoms with Crippen LogP contribution in [-0.2, 0) is 6.42 Å². The van der Waals surface area contributed by atoms with Crippen molar-refractivity contribution in [3.63, 3.8) is 0 Å². The van der Waals surface area contributed by atoms with E-state index in [1.165, 1.54) is 0 Å². The molecule has 0 fully saturated rings. The maximum absolute atomic E-state index is 6.30. The summed E-state index contributed by atoms with van der Waals surface area (Å²) in [5.41, 5.74) is 8.49.